The average molecular weight is 304 g/mol. The highest BCUT2D eigenvalue weighted by Gasteiger charge is 2.38. The summed E-state index contributed by atoms with van der Waals surface area (Å²) in [5.74, 6) is -0.622. The molecule has 20 heavy (non-hydrogen) atoms. The molecule has 0 radical (unpaired) electrons. The van der Waals surface area contributed by atoms with Crippen LogP contribution in [0.25, 0.3) is 0 Å². The lowest BCUT2D eigenvalue weighted by Crippen LogP contribution is -2.47. The van der Waals surface area contributed by atoms with Crippen molar-refractivity contribution in [2.24, 2.45) is 0 Å². The first-order valence-corrected chi connectivity index (χ1v) is 8.93. The molecule has 1 atom stereocenters. The van der Waals surface area contributed by atoms with Gasteiger partial charge in [-0.05, 0) is 32.2 Å². The van der Waals surface area contributed by atoms with Crippen molar-refractivity contribution in [1.29, 1.82) is 0 Å². The summed E-state index contributed by atoms with van der Waals surface area (Å²) in [4.78, 5) is 11.1. The molecule has 6 nitrogen and oxygen atoms in total. The molecule has 0 aromatic heterocycles. The van der Waals surface area contributed by atoms with Gasteiger partial charge >= 0.3 is 5.97 Å². The first-order valence-electron chi connectivity index (χ1n) is 7.32. The summed E-state index contributed by atoms with van der Waals surface area (Å²) in [6, 6.07) is 0.388. The molecule has 1 saturated carbocycles. The smallest absolute Gasteiger partial charge is 0.306 e. The Labute approximate surface area is 120 Å². The van der Waals surface area contributed by atoms with Crippen molar-refractivity contribution >= 4 is 16.0 Å². The fourth-order valence-electron chi connectivity index (χ4n) is 2.58. The van der Waals surface area contributed by atoms with E-state index in [2.05, 4.69) is 10.1 Å². The van der Waals surface area contributed by atoms with Crippen LogP contribution in [0.5, 0.6) is 0 Å². The van der Waals surface area contributed by atoms with Crippen molar-refractivity contribution in [3.8, 4) is 0 Å². The molecule has 0 aromatic rings. The molecular weight excluding hydrogens is 280 g/mol. The number of sulfonamides is 1. The molecule has 116 valence electrons. The van der Waals surface area contributed by atoms with E-state index in [1.54, 1.807) is 4.31 Å². The number of hydrogen-bond donors (Lipinski definition) is 1. The molecule has 1 unspecified atom stereocenters. The Morgan fingerprint density at radius 2 is 2.05 bits per heavy atom. The summed E-state index contributed by atoms with van der Waals surface area (Å²) >= 11 is 0. The van der Waals surface area contributed by atoms with Gasteiger partial charge in [0, 0.05) is 18.6 Å². The monoisotopic (exact) mass is 304 g/mol. The molecule has 1 saturated heterocycles. The maximum absolute atomic E-state index is 12.4. The Morgan fingerprint density at radius 1 is 1.30 bits per heavy atom. The van der Waals surface area contributed by atoms with Gasteiger partial charge in [-0.2, -0.15) is 4.31 Å². The normalized spacial score (nSPS) is 23.8. The minimum Gasteiger partial charge on any atom is -0.469 e. The quantitative estimate of drug-likeness (QED) is 0.693. The van der Waals surface area contributed by atoms with E-state index < -0.39 is 16.0 Å². The molecule has 2 fully saturated rings. The second-order valence-corrected chi connectivity index (χ2v) is 7.63. The van der Waals surface area contributed by atoms with Gasteiger partial charge < -0.3 is 10.1 Å². The third kappa shape index (κ3) is 4.43. The molecule has 7 heteroatoms. The molecule has 2 rings (SSSR count). The third-order valence-electron chi connectivity index (χ3n) is 3.92. The molecule has 0 amide bonds. The number of ether oxygens (including phenoxy) is 1. The van der Waals surface area contributed by atoms with E-state index in [4.69, 9.17) is 0 Å². The molecular formula is C13H24N2O4S. The highest BCUT2D eigenvalue weighted by Crippen LogP contribution is 2.30. The summed E-state index contributed by atoms with van der Waals surface area (Å²) < 4.78 is 30.9. The third-order valence-corrected chi connectivity index (χ3v) is 5.80. The zero-order valence-electron chi connectivity index (χ0n) is 12.0. The molecule has 1 N–H and O–H groups in total. The number of carbonyl (C=O) groups is 1. The van der Waals surface area contributed by atoms with E-state index in [1.807, 2.05) is 0 Å². The van der Waals surface area contributed by atoms with Crippen LogP contribution in [0.1, 0.15) is 38.5 Å². The molecule has 0 spiro atoms. The Bertz CT molecular complexity index is 428. The molecule has 0 aromatic carbocycles. The predicted molar refractivity (Wildman–Crippen MR) is 75.8 cm³/mol. The van der Waals surface area contributed by atoms with Gasteiger partial charge in [0.05, 0.1) is 19.3 Å². The molecule has 2 aliphatic rings. The number of nitrogens with zero attached hydrogens (tertiary/aromatic N) is 1. The largest absolute Gasteiger partial charge is 0.469 e. The maximum Gasteiger partial charge on any atom is 0.306 e. The Morgan fingerprint density at radius 3 is 2.60 bits per heavy atom. The number of esters is 1. The Hall–Kier alpha value is -0.660. The fourth-order valence-corrected chi connectivity index (χ4v) is 4.31. The summed E-state index contributed by atoms with van der Waals surface area (Å²) in [7, 11) is -2.09. The second-order valence-electron chi connectivity index (χ2n) is 5.59. The number of methoxy groups -OCH3 is 1. The molecule has 1 aliphatic heterocycles. The number of carbonyl (C=O) groups excluding carboxylic acids is 1. The van der Waals surface area contributed by atoms with E-state index in [-0.39, 0.29) is 24.3 Å². The van der Waals surface area contributed by atoms with Crippen molar-refractivity contribution in [2.75, 3.05) is 26.0 Å². The topological polar surface area (TPSA) is 75.7 Å². The van der Waals surface area contributed by atoms with Gasteiger partial charge in [0.15, 0.2) is 0 Å². The van der Waals surface area contributed by atoms with Crippen molar-refractivity contribution in [3.05, 3.63) is 0 Å². The van der Waals surface area contributed by atoms with Crippen molar-refractivity contribution < 1.29 is 17.9 Å². The van der Waals surface area contributed by atoms with Gasteiger partial charge in [-0.15, -0.1) is 0 Å². The zero-order chi connectivity index (χ0) is 14.6. The minimum absolute atomic E-state index is 0.0693. The van der Waals surface area contributed by atoms with E-state index in [0.29, 0.717) is 6.54 Å². The van der Waals surface area contributed by atoms with Crippen molar-refractivity contribution in [3.63, 3.8) is 0 Å². The van der Waals surface area contributed by atoms with Gasteiger partial charge in [-0.25, -0.2) is 8.42 Å². The SMILES string of the molecule is COC(=O)CCS(=O)(=O)N(CC1CCCCN1)C1CC1. The van der Waals surface area contributed by atoms with Crippen LogP contribution in [-0.4, -0.2) is 56.7 Å². The predicted octanol–water partition coefficient (Wildman–Crippen LogP) is 0.486. The highest BCUT2D eigenvalue weighted by molar-refractivity contribution is 7.89. The lowest BCUT2D eigenvalue weighted by atomic mass is 10.1. The summed E-state index contributed by atoms with van der Waals surface area (Å²) in [5, 5.41) is 3.38. The van der Waals surface area contributed by atoms with Crippen molar-refractivity contribution in [1.82, 2.24) is 9.62 Å². The van der Waals surface area contributed by atoms with Crippen LogP contribution in [0.4, 0.5) is 0 Å². The minimum atomic E-state index is -3.37. The lowest BCUT2D eigenvalue weighted by molar-refractivity contribution is -0.140. The number of piperidine rings is 1. The van der Waals surface area contributed by atoms with E-state index in [0.717, 1.165) is 38.6 Å². The van der Waals surface area contributed by atoms with Crippen LogP contribution in [0.2, 0.25) is 0 Å². The van der Waals surface area contributed by atoms with E-state index >= 15 is 0 Å². The van der Waals surface area contributed by atoms with Crippen LogP contribution < -0.4 is 5.32 Å². The van der Waals surface area contributed by atoms with Crippen LogP contribution in [0.15, 0.2) is 0 Å². The fraction of sp³-hybridized carbons (Fsp3) is 0.923. The molecule has 1 aliphatic carbocycles. The number of hydrogen-bond acceptors (Lipinski definition) is 5. The van der Waals surface area contributed by atoms with E-state index in [9.17, 15) is 13.2 Å². The van der Waals surface area contributed by atoms with Gasteiger partial charge in [0.1, 0.15) is 0 Å². The maximum atomic E-state index is 12.4. The zero-order valence-corrected chi connectivity index (χ0v) is 12.8. The summed E-state index contributed by atoms with van der Waals surface area (Å²) in [5.41, 5.74) is 0. The van der Waals surface area contributed by atoms with Gasteiger partial charge in [-0.3, -0.25) is 4.79 Å². The second kappa shape index (κ2) is 6.87. The summed E-state index contributed by atoms with van der Waals surface area (Å²) in [6.45, 7) is 1.50. The number of nitrogens with one attached hydrogen (secondary N) is 1. The van der Waals surface area contributed by atoms with Crippen LogP contribution in [0, 0.1) is 0 Å². The molecule has 0 bridgehead atoms. The van der Waals surface area contributed by atoms with Crippen LogP contribution >= 0.6 is 0 Å². The first-order chi connectivity index (χ1) is 9.53. The lowest BCUT2D eigenvalue weighted by Gasteiger charge is -2.30. The average Bonchev–Trinajstić information content (AvgIpc) is 3.27. The number of rotatable bonds is 7. The van der Waals surface area contributed by atoms with Crippen molar-refractivity contribution in [2.45, 2.75) is 50.6 Å². The van der Waals surface area contributed by atoms with E-state index in [1.165, 1.54) is 7.11 Å². The highest BCUT2D eigenvalue weighted by atomic mass is 32.2. The van der Waals surface area contributed by atoms with Gasteiger partial charge in [0.2, 0.25) is 10.0 Å². The standard InChI is InChI=1S/C13H24N2O4S/c1-19-13(16)7-9-20(17,18)15(12-5-6-12)10-11-4-2-3-8-14-11/h11-12,14H,2-10H2,1H3. The van der Waals surface area contributed by atoms with Crippen LogP contribution in [0.3, 0.4) is 0 Å². The van der Waals surface area contributed by atoms with Gasteiger partial charge in [0.25, 0.3) is 0 Å². The molecule has 1 heterocycles. The summed E-state index contributed by atoms with van der Waals surface area (Å²) in [6.07, 6.45) is 5.14. The van der Waals surface area contributed by atoms with Crippen LogP contribution in [-0.2, 0) is 19.6 Å². The van der Waals surface area contributed by atoms with Gasteiger partial charge in [-0.1, -0.05) is 6.42 Å². The Kier molecular flexibility index (Phi) is 5.40. The first kappa shape index (κ1) is 15.7. The Balaban J connectivity index is 1.94.